The Balaban J connectivity index is 2.35. The Morgan fingerprint density at radius 3 is 2.65 bits per heavy atom. The van der Waals surface area contributed by atoms with Gasteiger partial charge in [0.25, 0.3) is 0 Å². The Morgan fingerprint density at radius 1 is 1.35 bits per heavy atom. The minimum atomic E-state index is 0.0519. The van der Waals surface area contributed by atoms with E-state index in [1.807, 2.05) is 6.07 Å². The molecule has 1 aromatic carbocycles. The summed E-state index contributed by atoms with van der Waals surface area (Å²) in [6, 6.07) is 6.71. The largest absolute Gasteiger partial charge is 0.496 e. The highest BCUT2D eigenvalue weighted by Crippen LogP contribution is 2.30. The number of rotatable bonds is 3. The molecule has 3 atom stereocenters. The van der Waals surface area contributed by atoms with Gasteiger partial charge in [0.2, 0.25) is 0 Å². The van der Waals surface area contributed by atoms with Crippen molar-refractivity contribution < 1.29 is 4.74 Å². The number of hydrogen-bond donors (Lipinski definition) is 3. The molecule has 4 nitrogen and oxygen atoms in total. The Hall–Kier alpha value is -1.10. The van der Waals surface area contributed by atoms with E-state index in [4.69, 9.17) is 10.5 Å². The summed E-state index contributed by atoms with van der Waals surface area (Å²) in [6.07, 6.45) is 1.02. The van der Waals surface area contributed by atoms with Gasteiger partial charge in [-0.05, 0) is 25.0 Å². The number of hydrogen-bond acceptors (Lipinski definition) is 4. The molecule has 1 aromatic rings. The van der Waals surface area contributed by atoms with Gasteiger partial charge in [-0.3, -0.25) is 5.43 Å². The molecular weight excluding hydrogens is 214 g/mol. The van der Waals surface area contributed by atoms with E-state index in [1.165, 1.54) is 5.56 Å². The van der Waals surface area contributed by atoms with Crippen LogP contribution in [0.25, 0.3) is 0 Å². The standard InChI is InChI=1S/C13H21N3O/c1-4-9-5-6-11(17-3)10(7-9)13-12(14)8(2)15-16-13/h5-8,12-13,15-16H,4,14H2,1-3H3. The van der Waals surface area contributed by atoms with Crippen molar-refractivity contribution in [1.82, 2.24) is 10.9 Å². The maximum Gasteiger partial charge on any atom is 0.123 e. The van der Waals surface area contributed by atoms with Crippen LogP contribution >= 0.6 is 0 Å². The average Bonchev–Trinajstić information content (AvgIpc) is 2.69. The molecule has 1 aliphatic rings. The van der Waals surface area contributed by atoms with Gasteiger partial charge in [-0.1, -0.05) is 19.1 Å². The molecule has 4 N–H and O–H groups in total. The van der Waals surface area contributed by atoms with Gasteiger partial charge >= 0.3 is 0 Å². The van der Waals surface area contributed by atoms with E-state index >= 15 is 0 Å². The molecule has 0 spiro atoms. The highest BCUT2D eigenvalue weighted by atomic mass is 16.5. The summed E-state index contributed by atoms with van der Waals surface area (Å²) in [5, 5.41) is 0. The van der Waals surface area contributed by atoms with Crippen molar-refractivity contribution >= 4 is 0 Å². The van der Waals surface area contributed by atoms with Gasteiger partial charge in [0.15, 0.2) is 0 Å². The first-order chi connectivity index (χ1) is 8.17. The fourth-order valence-electron chi connectivity index (χ4n) is 2.23. The quantitative estimate of drug-likeness (QED) is 0.735. The molecule has 4 heteroatoms. The van der Waals surface area contributed by atoms with Crippen LogP contribution in [-0.2, 0) is 6.42 Å². The second-order valence-electron chi connectivity index (χ2n) is 4.56. The lowest BCUT2D eigenvalue weighted by atomic mass is 9.95. The van der Waals surface area contributed by atoms with Gasteiger partial charge in [0, 0.05) is 17.6 Å². The molecule has 1 aliphatic heterocycles. The van der Waals surface area contributed by atoms with Crippen molar-refractivity contribution in [2.75, 3.05) is 7.11 Å². The van der Waals surface area contributed by atoms with Crippen LogP contribution in [0, 0.1) is 0 Å². The third kappa shape index (κ3) is 2.29. The lowest BCUT2D eigenvalue weighted by Gasteiger charge is -2.20. The molecule has 17 heavy (non-hydrogen) atoms. The van der Waals surface area contributed by atoms with Crippen LogP contribution in [-0.4, -0.2) is 19.2 Å². The fourth-order valence-corrected chi connectivity index (χ4v) is 2.23. The summed E-state index contributed by atoms with van der Waals surface area (Å²) >= 11 is 0. The predicted octanol–water partition coefficient (Wildman–Crippen LogP) is 1.12. The first-order valence-corrected chi connectivity index (χ1v) is 6.10. The van der Waals surface area contributed by atoms with Crippen molar-refractivity contribution in [1.29, 1.82) is 0 Å². The van der Waals surface area contributed by atoms with E-state index < -0.39 is 0 Å². The van der Waals surface area contributed by atoms with Crippen molar-refractivity contribution in [3.63, 3.8) is 0 Å². The van der Waals surface area contributed by atoms with Crippen molar-refractivity contribution in [3.05, 3.63) is 29.3 Å². The second kappa shape index (κ2) is 5.04. The summed E-state index contributed by atoms with van der Waals surface area (Å²) in [5.74, 6) is 0.894. The number of nitrogens with one attached hydrogen (secondary N) is 2. The van der Waals surface area contributed by atoms with Crippen molar-refractivity contribution in [2.24, 2.45) is 5.73 Å². The van der Waals surface area contributed by atoms with E-state index in [0.717, 1.165) is 17.7 Å². The van der Waals surface area contributed by atoms with Crippen LogP contribution in [0.1, 0.15) is 31.0 Å². The summed E-state index contributed by atoms with van der Waals surface area (Å²) < 4.78 is 5.42. The molecule has 1 fully saturated rings. The molecule has 1 heterocycles. The number of methoxy groups -OCH3 is 1. The Labute approximate surface area is 103 Å². The summed E-state index contributed by atoms with van der Waals surface area (Å²) in [7, 11) is 1.70. The van der Waals surface area contributed by atoms with Crippen LogP contribution in [0.3, 0.4) is 0 Å². The molecule has 0 aliphatic carbocycles. The summed E-state index contributed by atoms with van der Waals surface area (Å²) in [6.45, 7) is 4.22. The van der Waals surface area contributed by atoms with E-state index in [0.29, 0.717) is 0 Å². The smallest absolute Gasteiger partial charge is 0.123 e. The molecule has 0 saturated carbocycles. The van der Waals surface area contributed by atoms with Gasteiger partial charge in [0.05, 0.1) is 13.2 Å². The summed E-state index contributed by atoms with van der Waals surface area (Å²) in [5.41, 5.74) is 15.0. The first kappa shape index (κ1) is 12.4. The van der Waals surface area contributed by atoms with Gasteiger partial charge in [0.1, 0.15) is 5.75 Å². The second-order valence-corrected chi connectivity index (χ2v) is 4.56. The van der Waals surface area contributed by atoms with Gasteiger partial charge in [-0.2, -0.15) is 0 Å². The third-order valence-electron chi connectivity index (χ3n) is 3.47. The monoisotopic (exact) mass is 235 g/mol. The molecule has 1 saturated heterocycles. The lowest BCUT2D eigenvalue weighted by molar-refractivity contribution is 0.398. The number of aryl methyl sites for hydroxylation is 1. The zero-order chi connectivity index (χ0) is 12.4. The number of benzene rings is 1. The van der Waals surface area contributed by atoms with Crippen LogP contribution in [0.15, 0.2) is 18.2 Å². The minimum Gasteiger partial charge on any atom is -0.496 e. The maximum atomic E-state index is 6.19. The van der Waals surface area contributed by atoms with Gasteiger partial charge in [-0.15, -0.1) is 0 Å². The molecule has 94 valence electrons. The van der Waals surface area contributed by atoms with Gasteiger partial charge in [-0.25, -0.2) is 5.43 Å². The predicted molar refractivity (Wildman–Crippen MR) is 68.8 cm³/mol. The van der Waals surface area contributed by atoms with E-state index in [-0.39, 0.29) is 18.1 Å². The fraction of sp³-hybridized carbons (Fsp3) is 0.538. The van der Waals surface area contributed by atoms with Gasteiger partial charge < -0.3 is 10.5 Å². The maximum absolute atomic E-state index is 6.19. The molecular formula is C13H21N3O. The van der Waals surface area contributed by atoms with Crippen LogP contribution < -0.4 is 21.3 Å². The molecule has 0 aromatic heterocycles. The summed E-state index contributed by atoms with van der Waals surface area (Å²) in [4.78, 5) is 0. The highest BCUT2D eigenvalue weighted by molar-refractivity contribution is 5.41. The van der Waals surface area contributed by atoms with E-state index in [9.17, 15) is 0 Å². The molecule has 0 bridgehead atoms. The Bertz CT molecular complexity index is 394. The van der Waals surface area contributed by atoms with E-state index in [2.05, 4.69) is 36.8 Å². The molecule has 2 rings (SSSR count). The van der Waals surface area contributed by atoms with Crippen LogP contribution in [0.2, 0.25) is 0 Å². The number of ether oxygens (including phenoxy) is 1. The lowest BCUT2D eigenvalue weighted by Crippen LogP contribution is -2.35. The average molecular weight is 235 g/mol. The zero-order valence-electron chi connectivity index (χ0n) is 10.7. The van der Waals surface area contributed by atoms with Crippen LogP contribution in [0.4, 0.5) is 0 Å². The first-order valence-electron chi connectivity index (χ1n) is 6.10. The minimum absolute atomic E-state index is 0.0519. The zero-order valence-corrected chi connectivity index (χ0v) is 10.7. The SMILES string of the molecule is CCc1ccc(OC)c(C2NNC(C)C2N)c1. The number of nitrogens with two attached hydrogens (primary N) is 1. The topological polar surface area (TPSA) is 59.3 Å². The third-order valence-corrected chi connectivity index (χ3v) is 3.47. The highest BCUT2D eigenvalue weighted by Gasteiger charge is 2.32. The Morgan fingerprint density at radius 2 is 2.12 bits per heavy atom. The molecule has 0 radical (unpaired) electrons. The molecule has 3 unspecified atom stereocenters. The molecule has 0 amide bonds. The van der Waals surface area contributed by atoms with E-state index in [1.54, 1.807) is 7.11 Å². The van der Waals surface area contributed by atoms with Crippen LogP contribution in [0.5, 0.6) is 5.75 Å². The Kier molecular flexibility index (Phi) is 3.66. The number of hydrazine groups is 1. The normalized spacial score (nSPS) is 28.4. The van der Waals surface area contributed by atoms with Crippen molar-refractivity contribution in [2.45, 2.75) is 38.4 Å². The van der Waals surface area contributed by atoms with Crippen molar-refractivity contribution in [3.8, 4) is 5.75 Å².